The normalized spacial score (nSPS) is 10.4. The number of rotatable bonds is 9. The molecule has 5 nitrogen and oxygen atoms in total. The predicted octanol–water partition coefficient (Wildman–Crippen LogP) is 2.34. The molecule has 0 saturated carbocycles. The van der Waals surface area contributed by atoms with Crippen molar-refractivity contribution in [1.82, 2.24) is 5.32 Å². The van der Waals surface area contributed by atoms with Crippen LogP contribution in [0.5, 0.6) is 0 Å². The zero-order chi connectivity index (χ0) is 12.5. The molecule has 1 aromatic heterocycles. The molecule has 0 aliphatic rings. The van der Waals surface area contributed by atoms with E-state index in [4.69, 9.17) is 4.74 Å². The molecule has 1 aromatic rings. The molecule has 1 heterocycles. The summed E-state index contributed by atoms with van der Waals surface area (Å²) < 4.78 is 5.32. The summed E-state index contributed by atoms with van der Waals surface area (Å²) in [5.41, 5.74) is 0.938. The molecule has 0 aliphatic carbocycles. The average Bonchev–Trinajstić information content (AvgIpc) is 2.77. The lowest BCUT2D eigenvalue weighted by Crippen LogP contribution is -2.19. The summed E-state index contributed by atoms with van der Waals surface area (Å²) in [6.07, 6.45) is 2.68. The van der Waals surface area contributed by atoms with E-state index in [0.717, 1.165) is 29.9 Å². The van der Waals surface area contributed by atoms with Gasteiger partial charge in [-0.3, -0.25) is 10.1 Å². The summed E-state index contributed by atoms with van der Waals surface area (Å²) >= 11 is 1.15. The van der Waals surface area contributed by atoms with Gasteiger partial charge in [-0.05, 0) is 12.0 Å². The summed E-state index contributed by atoms with van der Waals surface area (Å²) in [6, 6.07) is 1.59. The lowest BCUT2D eigenvalue weighted by molar-refractivity contribution is -0.380. The molecule has 0 fully saturated rings. The van der Waals surface area contributed by atoms with Gasteiger partial charge in [-0.25, -0.2) is 0 Å². The van der Waals surface area contributed by atoms with E-state index in [1.165, 1.54) is 0 Å². The minimum Gasteiger partial charge on any atom is -0.380 e. The van der Waals surface area contributed by atoms with Crippen LogP contribution >= 0.6 is 11.3 Å². The SMILES string of the molecule is C=CCCOCCNCc1csc([N+](=O)[O-])c1. The first-order chi connectivity index (χ1) is 8.24. The summed E-state index contributed by atoms with van der Waals surface area (Å²) in [5.74, 6) is 0. The van der Waals surface area contributed by atoms with Gasteiger partial charge in [0.1, 0.15) is 0 Å². The van der Waals surface area contributed by atoms with Crippen molar-refractivity contribution < 1.29 is 9.66 Å². The second-order valence-corrected chi connectivity index (χ2v) is 4.31. The van der Waals surface area contributed by atoms with Crippen LogP contribution in [0.25, 0.3) is 0 Å². The number of hydrogen-bond acceptors (Lipinski definition) is 5. The zero-order valence-electron chi connectivity index (χ0n) is 9.55. The standard InChI is InChI=1S/C11H16N2O3S/c1-2-3-5-16-6-4-12-8-10-7-11(13(14)15)17-9-10/h2,7,9,12H,1,3-6,8H2. The minimum atomic E-state index is -0.368. The molecule has 0 aromatic carbocycles. The Kier molecular flexibility index (Phi) is 6.46. The molecule has 0 bridgehead atoms. The first-order valence-corrected chi connectivity index (χ1v) is 6.23. The van der Waals surface area contributed by atoms with Crippen molar-refractivity contribution in [3.8, 4) is 0 Å². The van der Waals surface area contributed by atoms with Gasteiger partial charge in [0.25, 0.3) is 0 Å². The molecule has 1 N–H and O–H groups in total. The van der Waals surface area contributed by atoms with Crippen molar-refractivity contribution in [3.05, 3.63) is 39.8 Å². The maximum atomic E-state index is 10.5. The highest BCUT2D eigenvalue weighted by Gasteiger charge is 2.08. The lowest BCUT2D eigenvalue weighted by atomic mass is 10.3. The van der Waals surface area contributed by atoms with Crippen molar-refractivity contribution in [1.29, 1.82) is 0 Å². The quantitative estimate of drug-likeness (QED) is 0.319. The van der Waals surface area contributed by atoms with Gasteiger partial charge in [-0.2, -0.15) is 0 Å². The van der Waals surface area contributed by atoms with Crippen LogP contribution in [0.4, 0.5) is 5.00 Å². The topological polar surface area (TPSA) is 64.4 Å². The van der Waals surface area contributed by atoms with Crippen molar-refractivity contribution in [2.75, 3.05) is 19.8 Å². The summed E-state index contributed by atoms with van der Waals surface area (Å²) in [5, 5.41) is 15.6. The number of hydrogen-bond donors (Lipinski definition) is 1. The van der Waals surface area contributed by atoms with Crippen molar-refractivity contribution in [2.24, 2.45) is 0 Å². The van der Waals surface area contributed by atoms with E-state index in [2.05, 4.69) is 11.9 Å². The molecule has 0 amide bonds. The first-order valence-electron chi connectivity index (χ1n) is 5.35. The van der Waals surface area contributed by atoms with E-state index in [-0.39, 0.29) is 9.92 Å². The van der Waals surface area contributed by atoms with E-state index in [1.54, 1.807) is 11.4 Å². The minimum absolute atomic E-state index is 0.184. The molecular formula is C11H16N2O3S. The zero-order valence-corrected chi connectivity index (χ0v) is 10.4. The maximum absolute atomic E-state index is 10.5. The first kappa shape index (κ1) is 13.8. The summed E-state index contributed by atoms with van der Waals surface area (Å²) in [6.45, 7) is 6.30. The smallest absolute Gasteiger partial charge is 0.324 e. The van der Waals surface area contributed by atoms with E-state index in [0.29, 0.717) is 19.8 Å². The molecule has 0 atom stereocenters. The van der Waals surface area contributed by atoms with Crippen LogP contribution in [0.2, 0.25) is 0 Å². The van der Waals surface area contributed by atoms with Crippen LogP contribution in [-0.2, 0) is 11.3 Å². The van der Waals surface area contributed by atoms with Crippen molar-refractivity contribution in [3.63, 3.8) is 0 Å². The highest BCUT2D eigenvalue weighted by atomic mass is 32.1. The third-order valence-electron chi connectivity index (χ3n) is 2.04. The monoisotopic (exact) mass is 256 g/mol. The van der Waals surface area contributed by atoms with Gasteiger partial charge in [-0.15, -0.1) is 6.58 Å². The lowest BCUT2D eigenvalue weighted by Gasteiger charge is -2.03. The number of thiophene rings is 1. The number of nitrogens with zero attached hydrogens (tertiary/aromatic N) is 1. The van der Waals surface area contributed by atoms with Crippen LogP contribution in [0.15, 0.2) is 24.1 Å². The Morgan fingerprint density at radius 2 is 2.41 bits per heavy atom. The van der Waals surface area contributed by atoms with Crippen LogP contribution in [0, 0.1) is 10.1 Å². The van der Waals surface area contributed by atoms with Crippen LogP contribution in [0.1, 0.15) is 12.0 Å². The number of ether oxygens (including phenoxy) is 1. The van der Waals surface area contributed by atoms with Gasteiger partial charge in [0, 0.05) is 24.5 Å². The molecule has 17 heavy (non-hydrogen) atoms. The summed E-state index contributed by atoms with van der Waals surface area (Å²) in [7, 11) is 0. The fourth-order valence-electron chi connectivity index (χ4n) is 1.20. The Morgan fingerprint density at radius 1 is 1.59 bits per heavy atom. The van der Waals surface area contributed by atoms with Crippen LogP contribution in [0.3, 0.4) is 0 Å². The second-order valence-electron chi connectivity index (χ2n) is 3.42. The number of nitro groups is 1. The fourth-order valence-corrected chi connectivity index (χ4v) is 1.93. The molecule has 0 radical (unpaired) electrons. The molecule has 0 saturated heterocycles. The van der Waals surface area contributed by atoms with E-state index in [1.807, 2.05) is 6.08 Å². The molecular weight excluding hydrogens is 240 g/mol. The third-order valence-corrected chi connectivity index (χ3v) is 2.97. The van der Waals surface area contributed by atoms with Gasteiger partial charge in [-0.1, -0.05) is 17.4 Å². The summed E-state index contributed by atoms with van der Waals surface area (Å²) in [4.78, 5) is 10.1. The highest BCUT2D eigenvalue weighted by Crippen LogP contribution is 2.22. The Bertz CT molecular complexity index is 365. The van der Waals surface area contributed by atoms with Crippen LogP contribution in [-0.4, -0.2) is 24.7 Å². The molecule has 94 valence electrons. The Labute approximate surface area is 104 Å². The molecule has 1 rings (SSSR count). The van der Waals surface area contributed by atoms with Crippen molar-refractivity contribution >= 4 is 16.3 Å². The largest absolute Gasteiger partial charge is 0.380 e. The van der Waals surface area contributed by atoms with Gasteiger partial charge in [0.15, 0.2) is 0 Å². The second kappa shape index (κ2) is 7.94. The van der Waals surface area contributed by atoms with Crippen molar-refractivity contribution in [2.45, 2.75) is 13.0 Å². The maximum Gasteiger partial charge on any atom is 0.324 e. The van der Waals surface area contributed by atoms with Gasteiger partial charge >= 0.3 is 5.00 Å². The Morgan fingerprint density at radius 3 is 3.06 bits per heavy atom. The van der Waals surface area contributed by atoms with E-state index >= 15 is 0 Å². The Hall–Kier alpha value is -1.24. The van der Waals surface area contributed by atoms with Gasteiger partial charge < -0.3 is 10.1 Å². The van der Waals surface area contributed by atoms with Crippen LogP contribution < -0.4 is 5.32 Å². The predicted molar refractivity (Wildman–Crippen MR) is 68.3 cm³/mol. The fraction of sp³-hybridized carbons (Fsp3) is 0.455. The average molecular weight is 256 g/mol. The molecule has 0 aliphatic heterocycles. The number of nitrogens with one attached hydrogen (secondary N) is 1. The molecule has 6 heteroatoms. The highest BCUT2D eigenvalue weighted by molar-refractivity contribution is 7.13. The van der Waals surface area contributed by atoms with E-state index in [9.17, 15) is 10.1 Å². The molecule has 0 unspecified atom stereocenters. The van der Waals surface area contributed by atoms with Gasteiger partial charge in [0.2, 0.25) is 0 Å². The van der Waals surface area contributed by atoms with E-state index < -0.39 is 0 Å². The third kappa shape index (κ3) is 5.58. The Balaban J connectivity index is 2.09. The molecule has 0 spiro atoms. The van der Waals surface area contributed by atoms with Gasteiger partial charge in [0.05, 0.1) is 18.1 Å².